The molecule has 4 rings (SSSR count). The molecule has 0 atom stereocenters. The molecule has 2 fully saturated rings. The van der Waals surface area contributed by atoms with E-state index in [1.807, 2.05) is 20.8 Å². The van der Waals surface area contributed by atoms with Gasteiger partial charge in [-0.2, -0.15) is 5.26 Å². The lowest BCUT2D eigenvalue weighted by Gasteiger charge is -2.38. The molecular weight excluding hydrogens is 406 g/mol. The lowest BCUT2D eigenvalue weighted by Crippen LogP contribution is -2.54. The molecule has 1 saturated carbocycles. The zero-order valence-corrected chi connectivity index (χ0v) is 19.4. The number of nitrogens with one attached hydrogen (secondary N) is 1. The number of ether oxygens (including phenoxy) is 1. The molecule has 2 amide bonds. The minimum absolute atomic E-state index is 0.121. The molecule has 3 aliphatic rings. The van der Waals surface area contributed by atoms with Crippen molar-refractivity contribution in [3.8, 4) is 6.07 Å². The van der Waals surface area contributed by atoms with Crippen LogP contribution in [0.5, 0.6) is 0 Å². The molecule has 1 aromatic heterocycles. The highest BCUT2D eigenvalue weighted by atomic mass is 16.5. The number of carbonyl (C=O) groups excluding carboxylic acids is 2. The van der Waals surface area contributed by atoms with E-state index in [2.05, 4.69) is 16.3 Å². The molecule has 0 unspecified atom stereocenters. The van der Waals surface area contributed by atoms with Crippen LogP contribution in [0.2, 0.25) is 0 Å². The maximum atomic E-state index is 12.7. The van der Waals surface area contributed by atoms with Crippen molar-refractivity contribution in [3.05, 3.63) is 22.4 Å². The van der Waals surface area contributed by atoms with Crippen molar-refractivity contribution in [3.63, 3.8) is 0 Å². The third-order valence-electron chi connectivity index (χ3n) is 6.92. The summed E-state index contributed by atoms with van der Waals surface area (Å²) in [6, 6.07) is 2.50. The Kier molecular flexibility index (Phi) is 6.38. The number of fused-ring (bicyclic) bond motifs is 1. The van der Waals surface area contributed by atoms with Gasteiger partial charge in [0.25, 0.3) is 0 Å². The van der Waals surface area contributed by atoms with E-state index in [-0.39, 0.29) is 11.6 Å². The predicted molar refractivity (Wildman–Crippen MR) is 120 cm³/mol. The van der Waals surface area contributed by atoms with Gasteiger partial charge in [-0.25, -0.2) is 4.98 Å². The van der Waals surface area contributed by atoms with Crippen LogP contribution >= 0.6 is 0 Å². The molecule has 32 heavy (non-hydrogen) atoms. The predicted octanol–water partition coefficient (Wildman–Crippen LogP) is 2.21. The Bertz CT molecular complexity index is 938. The number of pyridine rings is 1. The Labute approximate surface area is 189 Å². The number of hydrogen-bond donors (Lipinski definition) is 1. The first-order valence-electron chi connectivity index (χ1n) is 11.7. The lowest BCUT2D eigenvalue weighted by atomic mass is 9.88. The van der Waals surface area contributed by atoms with Crippen LogP contribution in [0, 0.1) is 18.3 Å². The van der Waals surface area contributed by atoms with Gasteiger partial charge in [0, 0.05) is 49.9 Å². The quantitative estimate of drug-likeness (QED) is 0.710. The van der Waals surface area contributed by atoms with Crippen molar-refractivity contribution in [2.24, 2.45) is 0 Å². The number of aryl methyl sites for hydroxylation is 1. The number of amides is 2. The Morgan fingerprint density at radius 3 is 2.47 bits per heavy atom. The largest absolute Gasteiger partial charge is 0.370 e. The summed E-state index contributed by atoms with van der Waals surface area (Å²) in [4.78, 5) is 33.5. The second-order valence-corrected chi connectivity index (χ2v) is 9.78. The third kappa shape index (κ3) is 4.58. The maximum absolute atomic E-state index is 12.7. The van der Waals surface area contributed by atoms with Gasteiger partial charge in [-0.05, 0) is 39.2 Å². The van der Waals surface area contributed by atoms with Crippen LogP contribution in [0.1, 0.15) is 68.3 Å². The van der Waals surface area contributed by atoms with Crippen molar-refractivity contribution < 1.29 is 14.3 Å². The number of aromatic nitrogens is 1. The van der Waals surface area contributed by atoms with Crippen LogP contribution in [0.15, 0.2) is 0 Å². The van der Waals surface area contributed by atoms with E-state index >= 15 is 0 Å². The summed E-state index contributed by atoms with van der Waals surface area (Å²) < 4.78 is 5.93. The van der Waals surface area contributed by atoms with Crippen LogP contribution in [0.3, 0.4) is 0 Å². The van der Waals surface area contributed by atoms with Gasteiger partial charge in [-0.3, -0.25) is 9.59 Å². The summed E-state index contributed by atoms with van der Waals surface area (Å²) >= 11 is 0. The topological polar surface area (TPSA) is 98.6 Å². The Balaban J connectivity index is 1.44. The summed E-state index contributed by atoms with van der Waals surface area (Å²) in [6.07, 6.45) is 5.99. The second-order valence-electron chi connectivity index (χ2n) is 9.78. The Morgan fingerprint density at radius 1 is 1.12 bits per heavy atom. The standard InChI is InChI=1S/C24H33N5O3/c1-16-20-15-32-24(2,3)13-18(20)19(14-25)21(26-16)28-9-11-29(12-10-28)23(31)22(30)27-17-7-5-4-6-8-17/h17H,4-13,15H2,1-3H3,(H,27,30). The van der Waals surface area contributed by atoms with E-state index < -0.39 is 11.8 Å². The second kappa shape index (κ2) is 9.07. The maximum Gasteiger partial charge on any atom is 0.312 e. The van der Waals surface area contributed by atoms with Crippen molar-refractivity contribution in [2.45, 2.75) is 77.5 Å². The molecule has 0 spiro atoms. The van der Waals surface area contributed by atoms with Crippen molar-refractivity contribution in [1.82, 2.24) is 15.2 Å². The number of hydrogen-bond acceptors (Lipinski definition) is 6. The Hall–Kier alpha value is -2.66. The highest BCUT2D eigenvalue weighted by molar-refractivity contribution is 6.35. The summed E-state index contributed by atoms with van der Waals surface area (Å²) in [6.45, 7) is 8.46. The average molecular weight is 440 g/mol. The van der Waals surface area contributed by atoms with E-state index in [0.717, 1.165) is 42.5 Å². The van der Waals surface area contributed by atoms with Crippen LogP contribution < -0.4 is 10.2 Å². The van der Waals surface area contributed by atoms with Crippen LogP contribution in [-0.4, -0.2) is 59.5 Å². The first kappa shape index (κ1) is 22.5. The van der Waals surface area contributed by atoms with Crippen LogP contribution in [0.4, 0.5) is 5.82 Å². The van der Waals surface area contributed by atoms with E-state index in [4.69, 9.17) is 9.72 Å². The summed E-state index contributed by atoms with van der Waals surface area (Å²) in [5, 5.41) is 12.9. The number of anilines is 1. The molecule has 1 aliphatic carbocycles. The first-order valence-corrected chi connectivity index (χ1v) is 11.7. The van der Waals surface area contributed by atoms with Crippen LogP contribution in [-0.2, 0) is 27.4 Å². The molecule has 0 aromatic carbocycles. The third-order valence-corrected chi connectivity index (χ3v) is 6.92. The van der Waals surface area contributed by atoms with E-state index in [1.165, 1.54) is 6.42 Å². The molecular formula is C24H33N5O3. The Morgan fingerprint density at radius 2 is 1.81 bits per heavy atom. The highest BCUT2D eigenvalue weighted by Gasteiger charge is 2.34. The monoisotopic (exact) mass is 439 g/mol. The molecule has 2 aliphatic heterocycles. The van der Waals surface area contributed by atoms with Gasteiger partial charge >= 0.3 is 11.8 Å². The molecule has 1 saturated heterocycles. The fourth-order valence-electron chi connectivity index (χ4n) is 5.02. The molecule has 8 nitrogen and oxygen atoms in total. The fraction of sp³-hybridized carbons (Fsp3) is 0.667. The first-order chi connectivity index (χ1) is 15.3. The number of nitriles is 1. The zero-order chi connectivity index (χ0) is 22.9. The lowest BCUT2D eigenvalue weighted by molar-refractivity contribution is -0.146. The minimum Gasteiger partial charge on any atom is -0.370 e. The normalized spacial score (nSPS) is 20.9. The van der Waals surface area contributed by atoms with Gasteiger partial charge in [-0.1, -0.05) is 19.3 Å². The van der Waals surface area contributed by atoms with Crippen molar-refractivity contribution in [2.75, 3.05) is 31.1 Å². The van der Waals surface area contributed by atoms with Gasteiger partial charge in [-0.15, -0.1) is 0 Å². The summed E-state index contributed by atoms with van der Waals surface area (Å²) in [7, 11) is 0. The SMILES string of the molecule is Cc1nc(N2CCN(C(=O)C(=O)NC3CCCCC3)CC2)c(C#N)c2c1COC(C)(C)C2. The molecule has 3 heterocycles. The molecule has 1 aromatic rings. The van der Waals surface area contributed by atoms with Gasteiger partial charge in [0.15, 0.2) is 0 Å². The van der Waals surface area contributed by atoms with Gasteiger partial charge < -0.3 is 19.9 Å². The molecule has 172 valence electrons. The highest BCUT2D eigenvalue weighted by Crippen LogP contribution is 2.35. The van der Waals surface area contributed by atoms with Gasteiger partial charge in [0.2, 0.25) is 0 Å². The van der Waals surface area contributed by atoms with E-state index in [0.29, 0.717) is 50.6 Å². The summed E-state index contributed by atoms with van der Waals surface area (Å²) in [5.41, 5.74) is 3.21. The minimum atomic E-state index is -0.493. The average Bonchev–Trinajstić information content (AvgIpc) is 2.78. The van der Waals surface area contributed by atoms with Crippen molar-refractivity contribution >= 4 is 17.6 Å². The molecule has 0 radical (unpaired) electrons. The molecule has 8 heteroatoms. The van der Waals surface area contributed by atoms with E-state index in [9.17, 15) is 14.9 Å². The molecule has 0 bridgehead atoms. The summed E-state index contributed by atoms with van der Waals surface area (Å²) in [5.74, 6) is -0.266. The number of rotatable bonds is 2. The van der Waals surface area contributed by atoms with Gasteiger partial charge in [0.1, 0.15) is 11.9 Å². The number of carbonyl (C=O) groups is 2. The fourth-order valence-corrected chi connectivity index (χ4v) is 5.02. The zero-order valence-electron chi connectivity index (χ0n) is 19.4. The number of nitrogens with zero attached hydrogens (tertiary/aromatic N) is 4. The number of piperazine rings is 1. The smallest absolute Gasteiger partial charge is 0.312 e. The van der Waals surface area contributed by atoms with Crippen LogP contribution in [0.25, 0.3) is 0 Å². The molecule has 1 N–H and O–H groups in total. The van der Waals surface area contributed by atoms with Gasteiger partial charge in [0.05, 0.1) is 17.8 Å². The van der Waals surface area contributed by atoms with E-state index in [1.54, 1.807) is 4.90 Å². The van der Waals surface area contributed by atoms with Crippen molar-refractivity contribution in [1.29, 1.82) is 5.26 Å².